The van der Waals surface area contributed by atoms with E-state index in [4.69, 9.17) is 14.8 Å². The normalized spacial score (nSPS) is 11.2. The second-order valence-electron chi connectivity index (χ2n) is 13.8. The molecule has 3 aromatic heterocycles. The fourth-order valence-electron chi connectivity index (χ4n) is 7.59. The Morgan fingerprint density at radius 1 is 0.636 bits per heavy atom. The van der Waals surface area contributed by atoms with Crippen molar-refractivity contribution in [1.82, 2.24) is 19.3 Å². The molecular formula is C49H38N4OPd. The van der Waals surface area contributed by atoms with Gasteiger partial charge in [0.1, 0.15) is 11.5 Å². The fourth-order valence-corrected chi connectivity index (χ4v) is 7.59. The van der Waals surface area contributed by atoms with Crippen molar-refractivity contribution in [3.8, 4) is 56.6 Å². The van der Waals surface area contributed by atoms with Crippen molar-refractivity contribution in [2.24, 2.45) is 0 Å². The summed E-state index contributed by atoms with van der Waals surface area (Å²) < 4.78 is 10.9. The van der Waals surface area contributed by atoms with Crippen molar-refractivity contribution in [2.45, 2.75) is 34.1 Å². The maximum absolute atomic E-state index is 6.71. The van der Waals surface area contributed by atoms with Crippen LogP contribution in [0.15, 0.2) is 146 Å². The van der Waals surface area contributed by atoms with Crippen LogP contribution in [0.3, 0.4) is 0 Å². The van der Waals surface area contributed by atoms with Gasteiger partial charge in [-0.1, -0.05) is 116 Å². The van der Waals surface area contributed by atoms with E-state index in [0.29, 0.717) is 11.5 Å². The van der Waals surface area contributed by atoms with E-state index in [9.17, 15) is 0 Å². The molecule has 0 spiro atoms. The molecule has 0 amide bonds. The van der Waals surface area contributed by atoms with Crippen LogP contribution in [-0.2, 0) is 26.8 Å². The number of nitrogens with zero attached hydrogens (tertiary/aromatic N) is 4. The second kappa shape index (κ2) is 15.0. The SMILES string of the molecule is CCc1cc(Oc2[c-]c3c(cc2)c2ccccc2n3-c2cc(C)ccn2)[c-]c(-n2nc(-c3ccccc3)c(-c3c(C)cccc3C)c2-c2ccccc2)c1.[Pd+2]. The van der Waals surface area contributed by atoms with Gasteiger partial charge in [-0.3, -0.25) is 4.68 Å². The van der Waals surface area contributed by atoms with Gasteiger partial charge in [0, 0.05) is 39.9 Å². The molecule has 0 aliphatic carbocycles. The molecule has 0 saturated carbocycles. The molecule has 0 atom stereocenters. The minimum atomic E-state index is 0. The van der Waals surface area contributed by atoms with Gasteiger partial charge in [0.05, 0.1) is 5.69 Å². The Balaban J connectivity index is 0.00000427. The number of fused-ring (bicyclic) bond motifs is 3. The molecule has 6 heteroatoms. The number of para-hydroxylation sites is 1. The molecule has 0 aliphatic rings. The summed E-state index contributed by atoms with van der Waals surface area (Å²) >= 11 is 0. The number of hydrogen-bond acceptors (Lipinski definition) is 3. The van der Waals surface area contributed by atoms with Crippen molar-refractivity contribution in [2.75, 3.05) is 0 Å². The third-order valence-electron chi connectivity index (χ3n) is 10.1. The van der Waals surface area contributed by atoms with Crippen molar-refractivity contribution in [1.29, 1.82) is 0 Å². The van der Waals surface area contributed by atoms with Crippen molar-refractivity contribution in [3.05, 3.63) is 180 Å². The Morgan fingerprint density at radius 3 is 2.07 bits per heavy atom. The molecule has 6 aromatic carbocycles. The number of benzene rings is 6. The molecule has 0 radical (unpaired) electrons. The van der Waals surface area contributed by atoms with Crippen LogP contribution in [0, 0.1) is 32.9 Å². The van der Waals surface area contributed by atoms with Crippen LogP contribution in [0.4, 0.5) is 0 Å². The molecule has 0 bridgehead atoms. The zero-order chi connectivity index (χ0) is 36.8. The van der Waals surface area contributed by atoms with E-state index in [-0.39, 0.29) is 20.4 Å². The zero-order valence-electron chi connectivity index (χ0n) is 31.1. The Kier molecular flexibility index (Phi) is 9.80. The smallest absolute Gasteiger partial charge is 0.509 e. The Bertz CT molecular complexity index is 2800. The summed E-state index contributed by atoms with van der Waals surface area (Å²) in [5.74, 6) is 2.04. The monoisotopic (exact) mass is 804 g/mol. The third kappa shape index (κ3) is 6.59. The topological polar surface area (TPSA) is 44.9 Å². The number of ether oxygens (including phenoxy) is 1. The molecule has 0 fully saturated rings. The summed E-state index contributed by atoms with van der Waals surface area (Å²) in [6, 6.07) is 55.6. The maximum atomic E-state index is 6.71. The molecule has 0 unspecified atom stereocenters. The van der Waals surface area contributed by atoms with Crippen LogP contribution in [0.1, 0.15) is 29.2 Å². The van der Waals surface area contributed by atoms with Crippen molar-refractivity contribution in [3.63, 3.8) is 0 Å². The third-order valence-corrected chi connectivity index (χ3v) is 10.1. The average molecular weight is 805 g/mol. The molecule has 3 heterocycles. The van der Waals surface area contributed by atoms with Crippen LogP contribution in [-0.4, -0.2) is 19.3 Å². The van der Waals surface area contributed by atoms with Gasteiger partial charge in [0.15, 0.2) is 0 Å². The summed E-state index contributed by atoms with van der Waals surface area (Å²) in [5, 5.41) is 7.67. The molecule has 55 heavy (non-hydrogen) atoms. The predicted molar refractivity (Wildman–Crippen MR) is 220 cm³/mol. The molecule has 0 aliphatic heterocycles. The van der Waals surface area contributed by atoms with Crippen molar-refractivity contribution >= 4 is 21.8 Å². The first-order valence-corrected chi connectivity index (χ1v) is 18.4. The summed E-state index contributed by atoms with van der Waals surface area (Å²) in [4.78, 5) is 4.75. The van der Waals surface area contributed by atoms with Crippen LogP contribution in [0.25, 0.3) is 67.0 Å². The number of aromatic nitrogens is 4. The number of hydrogen-bond donors (Lipinski definition) is 0. The number of pyridine rings is 1. The Morgan fingerprint density at radius 2 is 1.35 bits per heavy atom. The van der Waals surface area contributed by atoms with Crippen LogP contribution < -0.4 is 4.74 Å². The molecular weight excluding hydrogens is 767 g/mol. The summed E-state index contributed by atoms with van der Waals surface area (Å²) in [5.41, 5.74) is 13.8. The molecule has 270 valence electrons. The summed E-state index contributed by atoms with van der Waals surface area (Å²) in [6.07, 6.45) is 2.66. The average Bonchev–Trinajstić information content (AvgIpc) is 3.75. The van der Waals surface area contributed by atoms with Crippen LogP contribution >= 0.6 is 0 Å². The van der Waals surface area contributed by atoms with Gasteiger partial charge in [-0.15, -0.1) is 35.7 Å². The van der Waals surface area contributed by atoms with E-state index in [1.165, 1.54) is 16.7 Å². The second-order valence-corrected chi connectivity index (χ2v) is 13.8. The van der Waals surface area contributed by atoms with E-state index < -0.39 is 0 Å². The largest absolute Gasteiger partial charge is 2.00 e. The van der Waals surface area contributed by atoms with Gasteiger partial charge in [-0.05, 0) is 72.3 Å². The molecule has 9 rings (SSSR count). The first-order chi connectivity index (χ1) is 26.5. The van der Waals surface area contributed by atoms with Crippen molar-refractivity contribution < 1.29 is 25.2 Å². The van der Waals surface area contributed by atoms with E-state index >= 15 is 0 Å². The molecule has 0 saturated heterocycles. The van der Waals surface area contributed by atoms with Gasteiger partial charge in [-0.2, -0.15) is 16.7 Å². The molecule has 0 N–H and O–H groups in total. The molecule has 9 aromatic rings. The quantitative estimate of drug-likeness (QED) is 0.113. The van der Waals surface area contributed by atoms with Gasteiger partial charge in [-0.25, -0.2) is 4.98 Å². The zero-order valence-corrected chi connectivity index (χ0v) is 32.6. The van der Waals surface area contributed by atoms with Crippen LogP contribution in [0.5, 0.6) is 11.5 Å². The predicted octanol–water partition coefficient (Wildman–Crippen LogP) is 12.2. The summed E-state index contributed by atoms with van der Waals surface area (Å²) in [6.45, 7) is 8.61. The minimum Gasteiger partial charge on any atom is -0.509 e. The van der Waals surface area contributed by atoms with Gasteiger partial charge in [0.2, 0.25) is 0 Å². The first kappa shape index (κ1) is 35.9. The van der Waals surface area contributed by atoms with Gasteiger partial charge >= 0.3 is 20.4 Å². The van der Waals surface area contributed by atoms with E-state index in [0.717, 1.165) is 78.9 Å². The number of rotatable bonds is 8. The van der Waals surface area contributed by atoms with Gasteiger partial charge in [0.25, 0.3) is 0 Å². The standard InChI is InChI=1S/C49H38N4O.Pd/c1-5-35-28-38(30-40(29-35)54-39-23-24-42-41-21-12-13-22-43(41)52(44(42)31-39)45-27-32(2)25-26-50-45)53-49(37-19-10-7-11-20-37)47(46-33(3)15-14-16-34(46)4)48(51-53)36-17-8-6-9-18-36;/h6-29H,5H2,1-4H3;/q-2;+2. The minimum absolute atomic E-state index is 0. The summed E-state index contributed by atoms with van der Waals surface area (Å²) in [7, 11) is 0. The fraction of sp³-hybridized carbons (Fsp3) is 0.102. The Hall–Kier alpha value is -6.06. The maximum Gasteiger partial charge on any atom is 2.00 e. The van der Waals surface area contributed by atoms with Gasteiger partial charge < -0.3 is 9.30 Å². The molecule has 5 nitrogen and oxygen atoms in total. The number of aryl methyl sites for hydroxylation is 4. The van der Waals surface area contributed by atoms with E-state index in [1.54, 1.807) is 0 Å². The Labute approximate surface area is 335 Å². The van der Waals surface area contributed by atoms with E-state index in [2.05, 4.69) is 170 Å². The van der Waals surface area contributed by atoms with Crippen LogP contribution in [0.2, 0.25) is 0 Å². The first-order valence-electron chi connectivity index (χ1n) is 18.4. The van der Waals surface area contributed by atoms with E-state index in [1.807, 2.05) is 24.4 Å².